The third-order valence-corrected chi connectivity index (χ3v) is 4.00. The molecule has 0 bridgehead atoms. The third kappa shape index (κ3) is 4.56. The molecule has 4 nitrogen and oxygen atoms in total. The Morgan fingerprint density at radius 3 is 1.29 bits per heavy atom. The van der Waals surface area contributed by atoms with Gasteiger partial charge in [-0.15, -0.1) is 0 Å². The molecule has 0 heterocycles. The number of hydrogen-bond acceptors (Lipinski definition) is 4. The molecular weight excluding hydrogens is 352 g/mol. The van der Waals surface area contributed by atoms with E-state index in [-0.39, 0.29) is 0 Å². The molecule has 0 fully saturated rings. The minimum atomic E-state index is -1.37. The molecular formula is C24H18O4. The molecule has 0 spiro atoms. The zero-order valence-electron chi connectivity index (χ0n) is 15.6. The van der Waals surface area contributed by atoms with Crippen LogP contribution < -0.4 is 0 Å². The molecule has 28 heavy (non-hydrogen) atoms. The van der Waals surface area contributed by atoms with Crippen molar-refractivity contribution in [3.05, 3.63) is 71.8 Å². The van der Waals surface area contributed by atoms with E-state index < -0.39 is 11.2 Å². The molecule has 2 unspecified atom stereocenters. The summed E-state index contributed by atoms with van der Waals surface area (Å²) in [4.78, 5) is 21.7. The van der Waals surface area contributed by atoms with Crippen LogP contribution in [0.1, 0.15) is 11.1 Å². The Hall–Kier alpha value is -3.62. The quantitative estimate of drug-likeness (QED) is 0.613. The van der Waals surface area contributed by atoms with E-state index in [4.69, 9.17) is 9.47 Å². The first-order chi connectivity index (χ1) is 13.7. The lowest BCUT2D eigenvalue weighted by Crippen LogP contribution is -2.29. The van der Waals surface area contributed by atoms with Gasteiger partial charge >= 0.3 is 0 Å². The van der Waals surface area contributed by atoms with Gasteiger partial charge in [-0.2, -0.15) is 0 Å². The number of rotatable bonds is 4. The summed E-state index contributed by atoms with van der Waals surface area (Å²) in [6.07, 6.45) is 0.955. The molecule has 2 aromatic carbocycles. The summed E-state index contributed by atoms with van der Waals surface area (Å²) >= 11 is 0. The van der Waals surface area contributed by atoms with E-state index >= 15 is 0 Å². The predicted octanol–water partition coefficient (Wildman–Crippen LogP) is 2.48. The SMILES string of the molecule is COC(C#CC=O)(C#CC(C#CC=O)(OC)c1ccccc1)c1ccccc1. The van der Waals surface area contributed by atoms with Crippen molar-refractivity contribution < 1.29 is 19.1 Å². The predicted molar refractivity (Wildman–Crippen MR) is 106 cm³/mol. The van der Waals surface area contributed by atoms with Gasteiger partial charge in [0.2, 0.25) is 11.2 Å². The van der Waals surface area contributed by atoms with Crippen molar-refractivity contribution in [1.29, 1.82) is 0 Å². The van der Waals surface area contributed by atoms with Gasteiger partial charge in [-0.1, -0.05) is 60.7 Å². The van der Waals surface area contributed by atoms with Crippen LogP contribution in [0.3, 0.4) is 0 Å². The van der Waals surface area contributed by atoms with Gasteiger partial charge in [-0.25, -0.2) is 0 Å². The van der Waals surface area contributed by atoms with Crippen molar-refractivity contribution in [1.82, 2.24) is 0 Å². The maximum absolute atomic E-state index is 10.9. The zero-order chi connectivity index (χ0) is 20.3. The van der Waals surface area contributed by atoms with E-state index in [0.29, 0.717) is 23.7 Å². The molecule has 0 saturated heterocycles. The van der Waals surface area contributed by atoms with Crippen LogP contribution in [-0.4, -0.2) is 26.8 Å². The Kier molecular flexibility index (Phi) is 7.32. The molecule has 0 N–H and O–H groups in total. The fraction of sp³-hybridized carbons (Fsp3) is 0.167. The molecule has 0 aliphatic heterocycles. The summed E-state index contributed by atoms with van der Waals surface area (Å²) in [5.74, 6) is 16.3. The maximum atomic E-state index is 10.9. The van der Waals surface area contributed by atoms with Crippen LogP contribution in [0.4, 0.5) is 0 Å². The standard InChI is InChI=1S/C24H18O4/c1-27-23(15-9-19-25,21-11-5-3-6-12-21)17-18-24(28-2,16-10-20-26)22-13-7-4-8-14-22/h3-8,11-14,19-20H,1-2H3. The van der Waals surface area contributed by atoms with Gasteiger partial charge in [0.1, 0.15) is 0 Å². The lowest BCUT2D eigenvalue weighted by molar-refractivity contribution is -0.104. The second-order valence-electron chi connectivity index (χ2n) is 5.53. The first kappa shape index (κ1) is 20.7. The second-order valence-corrected chi connectivity index (χ2v) is 5.53. The van der Waals surface area contributed by atoms with Crippen LogP contribution in [0.2, 0.25) is 0 Å². The van der Waals surface area contributed by atoms with Crippen molar-refractivity contribution in [2.75, 3.05) is 14.2 Å². The first-order valence-electron chi connectivity index (χ1n) is 8.34. The minimum Gasteiger partial charge on any atom is -0.351 e. The number of aldehydes is 2. The molecule has 0 radical (unpaired) electrons. The van der Waals surface area contributed by atoms with Crippen molar-refractivity contribution >= 4 is 12.6 Å². The summed E-state index contributed by atoms with van der Waals surface area (Å²) in [6, 6.07) is 18.2. The van der Waals surface area contributed by atoms with Crippen molar-refractivity contribution in [3.8, 4) is 35.5 Å². The third-order valence-electron chi connectivity index (χ3n) is 4.00. The highest BCUT2D eigenvalue weighted by atomic mass is 16.5. The average Bonchev–Trinajstić information content (AvgIpc) is 2.77. The van der Waals surface area contributed by atoms with Gasteiger partial charge < -0.3 is 9.47 Å². The minimum absolute atomic E-state index is 0.478. The van der Waals surface area contributed by atoms with E-state index in [9.17, 15) is 9.59 Å². The van der Waals surface area contributed by atoms with E-state index in [1.807, 2.05) is 36.4 Å². The van der Waals surface area contributed by atoms with Crippen molar-refractivity contribution in [2.24, 2.45) is 0 Å². The fourth-order valence-electron chi connectivity index (χ4n) is 2.57. The maximum Gasteiger partial charge on any atom is 0.216 e. The van der Waals surface area contributed by atoms with Gasteiger partial charge in [0, 0.05) is 25.3 Å². The Morgan fingerprint density at radius 1 is 0.643 bits per heavy atom. The van der Waals surface area contributed by atoms with Crippen LogP contribution in [0, 0.1) is 35.5 Å². The summed E-state index contributed by atoms with van der Waals surface area (Å²) in [6.45, 7) is 0. The monoisotopic (exact) mass is 370 g/mol. The highest BCUT2D eigenvalue weighted by Crippen LogP contribution is 2.28. The largest absolute Gasteiger partial charge is 0.351 e. The van der Waals surface area contributed by atoms with Crippen LogP contribution in [0.15, 0.2) is 60.7 Å². The molecule has 0 aliphatic carbocycles. The van der Waals surface area contributed by atoms with Crippen LogP contribution in [0.25, 0.3) is 0 Å². The van der Waals surface area contributed by atoms with Crippen molar-refractivity contribution in [3.63, 3.8) is 0 Å². The molecule has 0 saturated carbocycles. The number of methoxy groups -OCH3 is 2. The number of ether oxygens (including phenoxy) is 2. The van der Waals surface area contributed by atoms with Gasteiger partial charge in [0.05, 0.1) is 0 Å². The molecule has 0 aromatic heterocycles. The molecule has 0 aliphatic rings. The van der Waals surface area contributed by atoms with E-state index in [0.717, 1.165) is 0 Å². The van der Waals surface area contributed by atoms with Crippen LogP contribution in [-0.2, 0) is 30.3 Å². The Labute approximate surface area is 164 Å². The normalized spacial score (nSPS) is 13.6. The lowest BCUT2D eigenvalue weighted by atomic mass is 9.90. The lowest BCUT2D eigenvalue weighted by Gasteiger charge is -2.25. The smallest absolute Gasteiger partial charge is 0.216 e. The van der Waals surface area contributed by atoms with Crippen LogP contribution >= 0.6 is 0 Å². The topological polar surface area (TPSA) is 52.6 Å². The Morgan fingerprint density at radius 2 is 1.00 bits per heavy atom. The molecule has 138 valence electrons. The van der Waals surface area contributed by atoms with Crippen LogP contribution in [0.5, 0.6) is 0 Å². The molecule has 2 aromatic rings. The zero-order valence-corrected chi connectivity index (χ0v) is 15.6. The summed E-state index contributed by atoms with van der Waals surface area (Å²) in [5, 5.41) is 0. The summed E-state index contributed by atoms with van der Waals surface area (Å²) < 4.78 is 11.3. The highest BCUT2D eigenvalue weighted by Gasteiger charge is 2.32. The number of benzene rings is 2. The molecule has 2 atom stereocenters. The summed E-state index contributed by atoms with van der Waals surface area (Å²) in [7, 11) is 2.91. The first-order valence-corrected chi connectivity index (χ1v) is 8.34. The number of hydrogen-bond donors (Lipinski definition) is 0. The van der Waals surface area contributed by atoms with Crippen molar-refractivity contribution in [2.45, 2.75) is 11.2 Å². The molecule has 4 heteroatoms. The van der Waals surface area contributed by atoms with Gasteiger partial charge in [0.25, 0.3) is 0 Å². The van der Waals surface area contributed by atoms with Gasteiger partial charge in [-0.3, -0.25) is 9.59 Å². The average molecular weight is 370 g/mol. The fourth-order valence-corrected chi connectivity index (χ4v) is 2.57. The molecule has 0 amide bonds. The Bertz CT molecular complexity index is 913. The summed E-state index contributed by atoms with van der Waals surface area (Å²) in [5.41, 5.74) is -1.44. The van der Waals surface area contributed by atoms with Gasteiger partial charge in [0.15, 0.2) is 12.6 Å². The molecule has 2 rings (SSSR count). The van der Waals surface area contributed by atoms with Gasteiger partial charge in [-0.05, 0) is 35.5 Å². The number of carbonyl (C=O) groups is 2. The van der Waals surface area contributed by atoms with E-state index in [1.54, 1.807) is 24.3 Å². The second kappa shape index (κ2) is 9.91. The number of carbonyl (C=O) groups excluding carboxylic acids is 2. The highest BCUT2D eigenvalue weighted by molar-refractivity contribution is 5.74. The van der Waals surface area contributed by atoms with E-state index in [2.05, 4.69) is 35.5 Å². The Balaban J connectivity index is 2.73. The van der Waals surface area contributed by atoms with E-state index in [1.165, 1.54) is 14.2 Å².